The van der Waals surface area contributed by atoms with E-state index in [4.69, 9.17) is 0 Å². The minimum atomic E-state index is -0.926. The highest BCUT2D eigenvalue weighted by molar-refractivity contribution is 7.17. The molecule has 2 aromatic rings. The molecule has 0 aliphatic carbocycles. The molecule has 0 saturated carbocycles. The topological polar surface area (TPSA) is 53.4 Å². The Hall–Kier alpha value is -1.79. The molecule has 0 radical (unpaired) electrons. The normalized spacial score (nSPS) is 18.2. The third-order valence-corrected chi connectivity index (χ3v) is 5.61. The lowest BCUT2D eigenvalue weighted by atomic mass is 9.96. The lowest BCUT2D eigenvalue weighted by Gasteiger charge is -2.33. The Balaban J connectivity index is 1.90. The van der Waals surface area contributed by atoms with Crippen LogP contribution in [0.25, 0.3) is 10.6 Å². The number of aryl methyl sites for hydroxylation is 1. The van der Waals surface area contributed by atoms with E-state index in [0.29, 0.717) is 22.1 Å². The zero-order valence-electron chi connectivity index (χ0n) is 14.0. The van der Waals surface area contributed by atoms with Crippen molar-refractivity contribution >= 4 is 17.2 Å². The fourth-order valence-corrected chi connectivity index (χ4v) is 4.21. The quantitative estimate of drug-likeness (QED) is 0.921. The largest absolute Gasteiger partial charge is 0.388 e. The number of carbonyl (C=O) groups excluding carboxylic acids is 1. The molecule has 3 rings (SSSR count). The Morgan fingerprint density at radius 1 is 1.38 bits per heavy atom. The first-order chi connectivity index (χ1) is 11.3. The summed E-state index contributed by atoms with van der Waals surface area (Å²) in [6.07, 6.45) is 1.70. The van der Waals surface area contributed by atoms with Gasteiger partial charge < -0.3 is 10.0 Å². The van der Waals surface area contributed by atoms with Gasteiger partial charge in [-0.15, -0.1) is 11.3 Å². The summed E-state index contributed by atoms with van der Waals surface area (Å²) >= 11 is 1.32. The lowest BCUT2D eigenvalue weighted by Crippen LogP contribution is -2.48. The van der Waals surface area contributed by atoms with Crippen LogP contribution in [0.2, 0.25) is 0 Å². The molecule has 1 fully saturated rings. The third-order valence-electron chi connectivity index (χ3n) is 4.41. The van der Waals surface area contributed by atoms with Crippen LogP contribution in [0.1, 0.15) is 42.1 Å². The van der Waals surface area contributed by atoms with Gasteiger partial charge in [0.15, 0.2) is 0 Å². The van der Waals surface area contributed by atoms with Crippen LogP contribution in [0.5, 0.6) is 0 Å². The summed E-state index contributed by atoms with van der Waals surface area (Å²) in [5.74, 6) is -0.378. The average Bonchev–Trinajstić information content (AvgIpc) is 3.13. The highest BCUT2D eigenvalue weighted by Gasteiger charge is 2.39. The second kappa shape index (κ2) is 6.26. The minimum absolute atomic E-state index is 0.0806. The summed E-state index contributed by atoms with van der Waals surface area (Å²) in [6, 6.07) is 5.92. The first kappa shape index (κ1) is 17.0. The van der Waals surface area contributed by atoms with Gasteiger partial charge in [-0.2, -0.15) is 0 Å². The molecular formula is C18H21FN2O2S. The van der Waals surface area contributed by atoms with Gasteiger partial charge in [0.2, 0.25) is 0 Å². The van der Waals surface area contributed by atoms with Crippen LogP contribution in [0.4, 0.5) is 4.39 Å². The number of carbonyl (C=O) groups is 1. The molecule has 6 heteroatoms. The number of hydrogen-bond donors (Lipinski definition) is 1. The standard InChI is InChI=1S/C18H21FN2O2S/c1-11-15(17(22)21-10-4-5-14(21)18(2,3)23)24-16(20-11)12-6-8-13(19)9-7-12/h6-9,14,23H,4-5,10H2,1-3H3. The maximum atomic E-state index is 13.1. The summed E-state index contributed by atoms with van der Waals surface area (Å²) in [5, 5.41) is 11.0. The molecule has 24 heavy (non-hydrogen) atoms. The first-order valence-corrected chi connectivity index (χ1v) is 8.85. The molecule has 1 N–H and O–H groups in total. The molecule has 1 aliphatic heterocycles. The molecule has 0 bridgehead atoms. The second-order valence-electron chi connectivity index (χ2n) is 6.75. The van der Waals surface area contributed by atoms with Crippen molar-refractivity contribution in [1.29, 1.82) is 0 Å². The molecule has 1 unspecified atom stereocenters. The van der Waals surface area contributed by atoms with Gasteiger partial charge in [0.05, 0.1) is 17.3 Å². The zero-order chi connectivity index (χ0) is 17.5. The zero-order valence-corrected chi connectivity index (χ0v) is 14.9. The van der Waals surface area contributed by atoms with Crippen molar-refractivity contribution in [2.24, 2.45) is 0 Å². The Morgan fingerprint density at radius 2 is 2.04 bits per heavy atom. The van der Waals surface area contributed by atoms with Gasteiger partial charge in [-0.3, -0.25) is 4.79 Å². The number of benzene rings is 1. The first-order valence-electron chi connectivity index (χ1n) is 8.04. The van der Waals surface area contributed by atoms with Crippen LogP contribution in [-0.4, -0.2) is 39.1 Å². The van der Waals surface area contributed by atoms with E-state index in [1.165, 1.54) is 23.5 Å². The monoisotopic (exact) mass is 348 g/mol. The molecule has 128 valence electrons. The van der Waals surface area contributed by atoms with Crippen molar-refractivity contribution in [3.63, 3.8) is 0 Å². The fourth-order valence-electron chi connectivity index (χ4n) is 3.19. The molecule has 1 aromatic heterocycles. The maximum absolute atomic E-state index is 13.1. The third kappa shape index (κ3) is 3.21. The SMILES string of the molecule is Cc1nc(-c2ccc(F)cc2)sc1C(=O)N1CCCC1C(C)(C)O. The van der Waals surface area contributed by atoms with E-state index in [1.807, 2.05) is 6.92 Å². The van der Waals surface area contributed by atoms with Gasteiger partial charge in [0, 0.05) is 12.1 Å². The Morgan fingerprint density at radius 3 is 2.67 bits per heavy atom. The Bertz CT molecular complexity index is 749. The molecule has 2 heterocycles. The molecule has 4 nitrogen and oxygen atoms in total. The van der Waals surface area contributed by atoms with Crippen LogP contribution < -0.4 is 0 Å². The summed E-state index contributed by atoms with van der Waals surface area (Å²) < 4.78 is 13.1. The number of likely N-dealkylation sites (tertiary alicyclic amines) is 1. The number of aliphatic hydroxyl groups is 1. The van der Waals surface area contributed by atoms with E-state index < -0.39 is 5.60 Å². The maximum Gasteiger partial charge on any atom is 0.266 e. The summed E-state index contributed by atoms with van der Waals surface area (Å²) in [5.41, 5.74) is 0.541. The van der Waals surface area contributed by atoms with E-state index in [1.54, 1.807) is 30.9 Å². The van der Waals surface area contributed by atoms with Crippen molar-refractivity contribution in [2.75, 3.05) is 6.54 Å². The van der Waals surface area contributed by atoms with Crippen molar-refractivity contribution < 1.29 is 14.3 Å². The van der Waals surface area contributed by atoms with E-state index >= 15 is 0 Å². The Labute approximate surface area is 145 Å². The van der Waals surface area contributed by atoms with Crippen LogP contribution >= 0.6 is 11.3 Å². The van der Waals surface area contributed by atoms with E-state index in [9.17, 15) is 14.3 Å². The smallest absolute Gasteiger partial charge is 0.266 e. The van der Waals surface area contributed by atoms with Gasteiger partial charge >= 0.3 is 0 Å². The number of halogens is 1. The number of hydrogen-bond acceptors (Lipinski definition) is 4. The molecule has 1 atom stereocenters. The van der Waals surface area contributed by atoms with Gasteiger partial charge in [-0.25, -0.2) is 9.37 Å². The average molecular weight is 348 g/mol. The minimum Gasteiger partial charge on any atom is -0.388 e. The van der Waals surface area contributed by atoms with E-state index in [-0.39, 0.29) is 17.8 Å². The van der Waals surface area contributed by atoms with Crippen molar-refractivity contribution in [2.45, 2.75) is 45.3 Å². The van der Waals surface area contributed by atoms with Gasteiger partial charge in [0.1, 0.15) is 15.7 Å². The van der Waals surface area contributed by atoms with Crippen molar-refractivity contribution in [3.05, 3.63) is 40.7 Å². The molecule has 1 amide bonds. The molecule has 1 saturated heterocycles. The predicted molar refractivity (Wildman–Crippen MR) is 92.6 cm³/mol. The number of amides is 1. The summed E-state index contributed by atoms with van der Waals surface area (Å²) in [7, 11) is 0. The van der Waals surface area contributed by atoms with Crippen LogP contribution in [0.3, 0.4) is 0 Å². The lowest BCUT2D eigenvalue weighted by molar-refractivity contribution is 0.000479. The van der Waals surface area contributed by atoms with Crippen LogP contribution in [0, 0.1) is 12.7 Å². The predicted octanol–water partition coefficient (Wildman–Crippen LogP) is 3.63. The number of aromatic nitrogens is 1. The van der Waals surface area contributed by atoms with Crippen molar-refractivity contribution in [3.8, 4) is 10.6 Å². The highest BCUT2D eigenvalue weighted by Crippen LogP contribution is 2.33. The Kier molecular flexibility index (Phi) is 4.44. The summed E-state index contributed by atoms with van der Waals surface area (Å²) in [4.78, 5) is 19.8. The highest BCUT2D eigenvalue weighted by atomic mass is 32.1. The molecule has 1 aromatic carbocycles. The molecule has 0 spiro atoms. The van der Waals surface area contributed by atoms with Crippen LogP contribution in [-0.2, 0) is 0 Å². The second-order valence-corrected chi connectivity index (χ2v) is 7.75. The number of thiazole rings is 1. The van der Waals surface area contributed by atoms with Gasteiger partial charge in [0.25, 0.3) is 5.91 Å². The van der Waals surface area contributed by atoms with E-state index in [2.05, 4.69) is 4.98 Å². The van der Waals surface area contributed by atoms with Gasteiger partial charge in [-0.05, 0) is 57.9 Å². The summed E-state index contributed by atoms with van der Waals surface area (Å²) in [6.45, 7) is 5.95. The van der Waals surface area contributed by atoms with E-state index in [0.717, 1.165) is 18.4 Å². The molecular weight excluding hydrogens is 327 g/mol. The van der Waals surface area contributed by atoms with Crippen LogP contribution in [0.15, 0.2) is 24.3 Å². The number of rotatable bonds is 3. The number of nitrogens with zero attached hydrogens (tertiary/aromatic N) is 2. The molecule has 1 aliphatic rings. The van der Waals surface area contributed by atoms with Crippen molar-refractivity contribution in [1.82, 2.24) is 9.88 Å². The van der Waals surface area contributed by atoms with Gasteiger partial charge in [-0.1, -0.05) is 0 Å². The fraction of sp³-hybridized carbons (Fsp3) is 0.444.